The molecule has 0 aliphatic carbocycles. The van der Waals surface area contributed by atoms with Crippen LogP contribution in [0.15, 0.2) is 18.2 Å². The quantitative estimate of drug-likeness (QED) is 0.723. The van der Waals surface area contributed by atoms with E-state index in [4.69, 9.17) is 5.11 Å². The number of hydrogen-bond acceptors (Lipinski definition) is 3. The predicted molar refractivity (Wildman–Crippen MR) is 68.3 cm³/mol. The van der Waals surface area contributed by atoms with E-state index in [-0.39, 0.29) is 23.6 Å². The second-order valence-corrected chi connectivity index (χ2v) is 4.11. The van der Waals surface area contributed by atoms with Crippen LogP contribution in [0.3, 0.4) is 0 Å². The van der Waals surface area contributed by atoms with Crippen molar-refractivity contribution in [2.45, 2.75) is 26.4 Å². The number of aromatic carboxylic acids is 1. The summed E-state index contributed by atoms with van der Waals surface area (Å²) < 4.78 is 13.5. The number of benzene rings is 1. The number of carbonyl (C=O) groups excluding carboxylic acids is 1. The first-order valence-corrected chi connectivity index (χ1v) is 5.98. The zero-order chi connectivity index (χ0) is 14.4. The molecule has 0 aliphatic rings. The smallest absolute Gasteiger partial charge is 0.335 e. The summed E-state index contributed by atoms with van der Waals surface area (Å²) in [6.07, 6.45) is 0. The Kier molecular flexibility index (Phi) is 5.44. The van der Waals surface area contributed by atoms with Crippen molar-refractivity contribution in [2.24, 2.45) is 0 Å². The molecule has 1 aromatic rings. The van der Waals surface area contributed by atoms with Gasteiger partial charge in [0.05, 0.1) is 11.6 Å². The SMILES string of the molecule is CCNC(=O)C(C)NCc1cc(C(=O)O)ccc1F. The third kappa shape index (κ3) is 4.33. The highest BCUT2D eigenvalue weighted by Gasteiger charge is 2.13. The maximum Gasteiger partial charge on any atom is 0.335 e. The van der Waals surface area contributed by atoms with Crippen LogP contribution in [-0.2, 0) is 11.3 Å². The summed E-state index contributed by atoms with van der Waals surface area (Å²) in [6.45, 7) is 4.07. The van der Waals surface area contributed by atoms with Crippen molar-refractivity contribution in [3.8, 4) is 0 Å². The molecule has 6 heteroatoms. The summed E-state index contributed by atoms with van der Waals surface area (Å²) in [5.41, 5.74) is 0.236. The van der Waals surface area contributed by atoms with Gasteiger partial charge in [-0.15, -0.1) is 0 Å². The van der Waals surface area contributed by atoms with E-state index in [0.29, 0.717) is 6.54 Å². The average Bonchev–Trinajstić information content (AvgIpc) is 2.37. The minimum absolute atomic E-state index is 0.0175. The van der Waals surface area contributed by atoms with Crippen LogP contribution < -0.4 is 10.6 Å². The van der Waals surface area contributed by atoms with E-state index in [1.54, 1.807) is 13.8 Å². The molecule has 0 heterocycles. The largest absolute Gasteiger partial charge is 0.478 e. The van der Waals surface area contributed by atoms with Crippen molar-refractivity contribution in [1.82, 2.24) is 10.6 Å². The first kappa shape index (κ1) is 15.1. The van der Waals surface area contributed by atoms with Gasteiger partial charge >= 0.3 is 5.97 Å². The first-order valence-electron chi connectivity index (χ1n) is 5.98. The van der Waals surface area contributed by atoms with Crippen LogP contribution in [0, 0.1) is 5.82 Å². The summed E-state index contributed by atoms with van der Waals surface area (Å²) in [6, 6.07) is 3.09. The monoisotopic (exact) mass is 268 g/mol. The van der Waals surface area contributed by atoms with Crippen LogP contribution in [0.2, 0.25) is 0 Å². The molecule has 1 unspecified atom stereocenters. The van der Waals surface area contributed by atoms with Gasteiger partial charge in [-0.2, -0.15) is 0 Å². The third-order valence-corrected chi connectivity index (χ3v) is 2.64. The van der Waals surface area contributed by atoms with Gasteiger partial charge in [0.2, 0.25) is 5.91 Å². The van der Waals surface area contributed by atoms with E-state index >= 15 is 0 Å². The van der Waals surface area contributed by atoms with Gasteiger partial charge in [0.15, 0.2) is 0 Å². The zero-order valence-electron chi connectivity index (χ0n) is 10.9. The number of nitrogens with one attached hydrogen (secondary N) is 2. The van der Waals surface area contributed by atoms with Crippen LogP contribution in [-0.4, -0.2) is 29.6 Å². The summed E-state index contributed by atoms with van der Waals surface area (Å²) in [7, 11) is 0. The highest BCUT2D eigenvalue weighted by molar-refractivity contribution is 5.87. The molecule has 0 bridgehead atoms. The number of carboxylic acids is 1. The zero-order valence-corrected chi connectivity index (χ0v) is 10.9. The molecule has 0 saturated heterocycles. The van der Waals surface area contributed by atoms with Gasteiger partial charge < -0.3 is 15.7 Å². The summed E-state index contributed by atoms with van der Waals surface area (Å²) in [5.74, 6) is -1.80. The van der Waals surface area contributed by atoms with Crippen LogP contribution in [0.5, 0.6) is 0 Å². The lowest BCUT2D eigenvalue weighted by atomic mass is 10.1. The molecule has 0 spiro atoms. The second-order valence-electron chi connectivity index (χ2n) is 4.11. The second kappa shape index (κ2) is 6.84. The van der Waals surface area contributed by atoms with Gasteiger partial charge in [-0.25, -0.2) is 9.18 Å². The fourth-order valence-corrected chi connectivity index (χ4v) is 1.53. The van der Waals surface area contributed by atoms with Gasteiger partial charge in [-0.05, 0) is 32.0 Å². The van der Waals surface area contributed by atoms with Crippen molar-refractivity contribution in [1.29, 1.82) is 0 Å². The van der Waals surface area contributed by atoms with Crippen LogP contribution in [0.4, 0.5) is 4.39 Å². The minimum atomic E-state index is -1.11. The number of rotatable bonds is 6. The van der Waals surface area contributed by atoms with Gasteiger partial charge in [0.25, 0.3) is 0 Å². The van der Waals surface area contributed by atoms with Crippen molar-refractivity contribution in [2.75, 3.05) is 6.54 Å². The normalized spacial score (nSPS) is 11.9. The molecule has 19 heavy (non-hydrogen) atoms. The van der Waals surface area contributed by atoms with E-state index in [1.807, 2.05) is 0 Å². The Morgan fingerprint density at radius 1 is 1.42 bits per heavy atom. The molecule has 1 atom stereocenters. The molecule has 0 aromatic heterocycles. The summed E-state index contributed by atoms with van der Waals surface area (Å²) in [4.78, 5) is 22.3. The highest BCUT2D eigenvalue weighted by atomic mass is 19.1. The average molecular weight is 268 g/mol. The van der Waals surface area contributed by atoms with Gasteiger partial charge in [0.1, 0.15) is 5.82 Å². The molecule has 0 fully saturated rings. The van der Waals surface area contributed by atoms with Crippen molar-refractivity contribution < 1.29 is 19.1 Å². The van der Waals surface area contributed by atoms with Crippen LogP contribution in [0.1, 0.15) is 29.8 Å². The third-order valence-electron chi connectivity index (χ3n) is 2.64. The topological polar surface area (TPSA) is 78.4 Å². The lowest BCUT2D eigenvalue weighted by molar-refractivity contribution is -0.122. The van der Waals surface area contributed by atoms with Crippen LogP contribution in [0.25, 0.3) is 0 Å². The molecule has 0 saturated carbocycles. The number of halogens is 1. The molecule has 0 aliphatic heterocycles. The molecule has 1 aromatic carbocycles. The van der Waals surface area contributed by atoms with E-state index in [1.165, 1.54) is 12.1 Å². The Bertz CT molecular complexity index is 477. The van der Waals surface area contributed by atoms with E-state index in [9.17, 15) is 14.0 Å². The molecule has 1 amide bonds. The molecular formula is C13H17FN2O3. The van der Waals surface area contributed by atoms with Crippen molar-refractivity contribution in [3.63, 3.8) is 0 Å². The molecular weight excluding hydrogens is 251 g/mol. The maximum absolute atomic E-state index is 13.5. The summed E-state index contributed by atoms with van der Waals surface area (Å²) >= 11 is 0. The van der Waals surface area contributed by atoms with E-state index in [0.717, 1.165) is 6.07 Å². The molecule has 104 valence electrons. The molecule has 1 rings (SSSR count). The number of carbonyl (C=O) groups is 2. The van der Waals surface area contributed by atoms with Gasteiger partial charge in [-0.3, -0.25) is 4.79 Å². The lowest BCUT2D eigenvalue weighted by Crippen LogP contribution is -2.41. The Balaban J connectivity index is 2.69. The molecule has 3 N–H and O–H groups in total. The van der Waals surface area contributed by atoms with Gasteiger partial charge in [-0.1, -0.05) is 0 Å². The molecule has 0 radical (unpaired) electrons. The number of amides is 1. The van der Waals surface area contributed by atoms with Crippen molar-refractivity contribution in [3.05, 3.63) is 35.1 Å². The predicted octanol–water partition coefficient (Wildman–Crippen LogP) is 1.14. The minimum Gasteiger partial charge on any atom is -0.478 e. The van der Waals surface area contributed by atoms with Crippen LogP contribution >= 0.6 is 0 Å². The number of likely N-dealkylation sites (N-methyl/N-ethyl adjacent to an activating group) is 1. The fourth-order valence-electron chi connectivity index (χ4n) is 1.53. The molecule has 5 nitrogen and oxygen atoms in total. The number of carboxylic acid groups (broad SMARTS) is 1. The van der Waals surface area contributed by atoms with E-state index in [2.05, 4.69) is 10.6 Å². The Hall–Kier alpha value is -1.95. The number of hydrogen-bond donors (Lipinski definition) is 3. The highest BCUT2D eigenvalue weighted by Crippen LogP contribution is 2.11. The van der Waals surface area contributed by atoms with E-state index < -0.39 is 17.8 Å². The Labute approximate surface area is 110 Å². The van der Waals surface area contributed by atoms with Gasteiger partial charge in [0, 0.05) is 18.7 Å². The Morgan fingerprint density at radius 3 is 2.68 bits per heavy atom. The summed E-state index contributed by atoms with van der Waals surface area (Å²) in [5, 5.41) is 14.3. The maximum atomic E-state index is 13.5. The Morgan fingerprint density at radius 2 is 2.11 bits per heavy atom. The fraction of sp³-hybridized carbons (Fsp3) is 0.385. The van der Waals surface area contributed by atoms with Crippen molar-refractivity contribution >= 4 is 11.9 Å². The first-order chi connectivity index (χ1) is 8.95. The standard InChI is InChI=1S/C13H17FN2O3/c1-3-15-12(17)8(2)16-7-10-6-9(13(18)19)4-5-11(10)14/h4-6,8,16H,3,7H2,1-2H3,(H,15,17)(H,18,19). The lowest BCUT2D eigenvalue weighted by Gasteiger charge is -2.13.